The average molecular weight is 1830 g/mol. The van der Waals surface area contributed by atoms with E-state index in [2.05, 4.69) is 26.8 Å². The largest absolute Gasteiger partial charge is 0.479 e. The maximum absolute atomic E-state index is 16.4. The number of carboxylic acids is 1. The standard InChI is InChI=1S/C82H128O45/c1-27-57(116-30(4)85)47(96)52(101)71(113-27)119-58-28(2)115-74(64(53(58)102)125-73-56(105)62(123-69-50(99)44(93)35(88)24-111-69)59(29(3)114-73)120-70-55(104)60(36(89)25-112-70)121-67-48(97)42(91)33(86)22-109-67)127-76(108)82-18-17-77(5,6)19-32(82)31-11-12-39-78(7)15-14-41(79(8,26-84)38(78)13-16-80(39,9)81(31,10)20-40(82)90)118-75-65(126-72-51(100)46(95)45(94)37(21-83)117-72)61(54(103)63(124-75)66(106)107)122-68-49(98)43(92)34(87)23-110-68/h11,26-29,32-65,67-75,83,86-105H,12-25H2,1-10H3,(H,106,107)/t27?,28?,29?,32?,33?,34?,35?,36?,37?,38?,39?,40-,41+,42?,43?,44?,45?,46?,47?,48?,49?,50?,51?,52?,53?,54?,55?,56?,57?,58?,59?,60?,61?,62?,63?,64?,65?,67?,68?,69?,70?,71?,72?,73?,74?,75?,78+,79+,80-,81-,82-/m1/s1. The van der Waals surface area contributed by atoms with Gasteiger partial charge < -0.3 is 207 Å². The Labute approximate surface area is 729 Å². The number of aliphatic carboxylic acids is 1. The van der Waals surface area contributed by atoms with Crippen LogP contribution in [0.15, 0.2) is 11.6 Å². The highest BCUT2D eigenvalue weighted by Crippen LogP contribution is 2.76. The summed E-state index contributed by atoms with van der Waals surface area (Å²) in [5.74, 6) is -5.33. The normalized spacial score (nSPS) is 54.3. The van der Waals surface area contributed by atoms with Gasteiger partial charge in [-0.15, -0.1) is 0 Å². The topological polar surface area (TPSA) is 689 Å². The average Bonchev–Trinajstić information content (AvgIpc) is 0.668. The van der Waals surface area contributed by atoms with Gasteiger partial charge in [-0.25, -0.2) is 4.79 Å². The lowest BCUT2D eigenvalue weighted by molar-refractivity contribution is -0.399. The number of aliphatic hydroxyl groups is 21. The maximum Gasteiger partial charge on any atom is 0.335 e. The molecule has 14 aliphatic rings. The minimum atomic E-state index is -2.26. The number of esters is 2. The van der Waals surface area contributed by atoms with E-state index in [0.29, 0.717) is 32.1 Å². The molecule has 0 aromatic heterocycles. The second kappa shape index (κ2) is 38.1. The number of aldehydes is 1. The van der Waals surface area contributed by atoms with Crippen molar-refractivity contribution in [1.29, 1.82) is 0 Å². The predicted octanol–water partition coefficient (Wildman–Crippen LogP) is -8.46. The minimum absolute atomic E-state index is 0.00464. The number of rotatable bonds is 22. The van der Waals surface area contributed by atoms with Crippen LogP contribution in [0, 0.1) is 50.2 Å². The van der Waals surface area contributed by atoms with Gasteiger partial charge in [-0.05, 0) is 118 Å². The molecule has 9 saturated heterocycles. The van der Waals surface area contributed by atoms with Crippen LogP contribution in [-0.4, -0.2) is 434 Å². The van der Waals surface area contributed by atoms with Crippen molar-refractivity contribution in [3.63, 3.8) is 0 Å². The van der Waals surface area contributed by atoms with Crippen molar-refractivity contribution in [2.45, 2.75) is 391 Å². The zero-order valence-corrected chi connectivity index (χ0v) is 71.8. The molecule has 13 fully saturated rings. The van der Waals surface area contributed by atoms with Crippen molar-refractivity contribution in [3.05, 3.63) is 11.6 Å². The van der Waals surface area contributed by atoms with Crippen molar-refractivity contribution < 1.29 is 222 Å². The molecule has 0 bridgehead atoms. The SMILES string of the molecule is CC(=O)OC1C(C)OC(OC2C(C)OC(OC(=O)[C@]34CCC(C)(C)CC3C3=CCC5[C@@]6(C)CC[C@H](OC7OC(C(=O)O)C(O)C(OC8OCC(O)C(O)C8O)C7OC7OC(CO)C(O)C(O)C7O)[C@@](C)(C=O)C6CC[C@@]5(C)[C@]3(C)C[C@H]4O)C(OC3OC(C)C(OC4OCC(O)C(OC5OCC(O)C(O)C5O)C4O)C(OC4OCC(O)C(O)C4O)C3O)C2O)C(O)C1O. The monoisotopic (exact) mass is 1830 g/mol. The molecule has 51 atom stereocenters. The van der Waals surface area contributed by atoms with Crippen LogP contribution in [0.3, 0.4) is 0 Å². The summed E-state index contributed by atoms with van der Waals surface area (Å²) in [4.78, 5) is 56.2. The fourth-order valence-electron chi connectivity index (χ4n) is 23.0. The van der Waals surface area contributed by atoms with Gasteiger partial charge in [0, 0.05) is 6.92 Å². The first kappa shape index (κ1) is 99.3. The van der Waals surface area contributed by atoms with Crippen LogP contribution >= 0.6 is 0 Å². The van der Waals surface area contributed by atoms with Gasteiger partial charge in [0.1, 0.15) is 170 Å². The Hall–Kier alpha value is -3.70. The van der Waals surface area contributed by atoms with E-state index in [4.69, 9.17) is 90.0 Å². The van der Waals surface area contributed by atoms with Gasteiger partial charge in [0.05, 0.1) is 69.0 Å². The number of carbonyl (C=O) groups is 4. The summed E-state index contributed by atoms with van der Waals surface area (Å²) in [6.45, 7) is 13.8. The Morgan fingerprint density at radius 1 is 0.425 bits per heavy atom. The summed E-state index contributed by atoms with van der Waals surface area (Å²) in [7, 11) is 0. The summed E-state index contributed by atoms with van der Waals surface area (Å²) in [5, 5.41) is 247. The van der Waals surface area contributed by atoms with E-state index in [1.165, 1.54) is 20.8 Å². The Kier molecular flexibility index (Phi) is 29.8. The molecule has 0 amide bonds. The summed E-state index contributed by atoms with van der Waals surface area (Å²) in [6, 6.07) is 0. The van der Waals surface area contributed by atoms with E-state index >= 15 is 4.79 Å². The van der Waals surface area contributed by atoms with Gasteiger partial charge in [0.15, 0.2) is 68.6 Å². The highest BCUT2D eigenvalue weighted by Gasteiger charge is 2.74. The number of hydrogen-bond acceptors (Lipinski definition) is 44. The summed E-state index contributed by atoms with van der Waals surface area (Å²) in [6.07, 6.45) is -74.7. The third kappa shape index (κ3) is 17.9. The van der Waals surface area contributed by atoms with Crippen molar-refractivity contribution in [3.8, 4) is 0 Å². The summed E-state index contributed by atoms with van der Waals surface area (Å²) < 4.78 is 115. The molecule has 44 unspecified atom stereocenters. The van der Waals surface area contributed by atoms with Crippen molar-refractivity contribution in [2.75, 3.05) is 33.0 Å². The zero-order valence-electron chi connectivity index (χ0n) is 71.8. The smallest absolute Gasteiger partial charge is 0.335 e. The third-order valence-corrected chi connectivity index (χ3v) is 30.5. The maximum atomic E-state index is 16.4. The molecule has 0 aromatic rings. The van der Waals surface area contributed by atoms with E-state index < -0.39 is 359 Å². The van der Waals surface area contributed by atoms with Crippen LogP contribution in [0.2, 0.25) is 0 Å². The molecular weight excluding hydrogens is 1700 g/mol. The highest BCUT2D eigenvalue weighted by atomic mass is 16.8. The van der Waals surface area contributed by atoms with Crippen molar-refractivity contribution >= 4 is 24.2 Å². The van der Waals surface area contributed by atoms with Gasteiger partial charge in [-0.3, -0.25) is 9.59 Å². The molecule has 9 heterocycles. The molecule has 45 heteroatoms. The van der Waals surface area contributed by atoms with E-state index in [9.17, 15) is 127 Å². The number of ether oxygens (including phenoxy) is 19. The Morgan fingerprint density at radius 3 is 1.46 bits per heavy atom. The molecule has 0 radical (unpaired) electrons. The number of carboxylic acid groups (broad SMARTS) is 1. The lowest BCUT2D eigenvalue weighted by Gasteiger charge is -2.71. The van der Waals surface area contributed by atoms with Crippen LogP contribution in [0.25, 0.3) is 0 Å². The summed E-state index contributed by atoms with van der Waals surface area (Å²) >= 11 is 0. The number of allylic oxidation sites excluding steroid dienone is 2. The molecule has 4 saturated carbocycles. The lowest BCUT2D eigenvalue weighted by atomic mass is 9.33. The van der Waals surface area contributed by atoms with Crippen LogP contribution in [-0.2, 0) is 109 Å². The first-order valence-electron chi connectivity index (χ1n) is 43.6. The number of carbonyl (C=O) groups excluding carboxylic acids is 3. The third-order valence-electron chi connectivity index (χ3n) is 30.5. The van der Waals surface area contributed by atoms with Gasteiger partial charge in [-0.2, -0.15) is 0 Å². The highest BCUT2D eigenvalue weighted by molar-refractivity contribution is 5.80. The van der Waals surface area contributed by atoms with Crippen LogP contribution in [0.5, 0.6) is 0 Å². The lowest BCUT2D eigenvalue weighted by Crippen LogP contribution is -2.69. The van der Waals surface area contributed by atoms with E-state index in [-0.39, 0.29) is 31.6 Å². The number of aliphatic hydroxyl groups excluding tert-OH is 21. The van der Waals surface area contributed by atoms with E-state index in [1.807, 2.05) is 13.8 Å². The van der Waals surface area contributed by atoms with E-state index in [1.54, 1.807) is 6.92 Å². The molecule has 45 nitrogen and oxygen atoms in total. The zero-order chi connectivity index (χ0) is 92.6. The quantitative estimate of drug-likeness (QED) is 0.0207. The first-order valence-corrected chi connectivity index (χ1v) is 43.6. The van der Waals surface area contributed by atoms with Gasteiger partial charge in [0.25, 0.3) is 0 Å². The number of hydrogen-bond donors (Lipinski definition) is 22. The Morgan fingerprint density at radius 2 is 0.898 bits per heavy atom. The second-order valence-electron chi connectivity index (χ2n) is 38.9. The molecule has 726 valence electrons. The fraction of sp³-hybridized carbons (Fsp3) is 0.927. The van der Waals surface area contributed by atoms with Crippen LogP contribution in [0.1, 0.15) is 127 Å². The molecule has 0 aromatic carbocycles. The molecule has 9 aliphatic heterocycles. The predicted molar refractivity (Wildman–Crippen MR) is 410 cm³/mol. The van der Waals surface area contributed by atoms with Crippen molar-refractivity contribution in [1.82, 2.24) is 0 Å². The Bertz CT molecular complexity index is 3810. The van der Waals surface area contributed by atoms with Crippen LogP contribution in [0.4, 0.5) is 0 Å². The van der Waals surface area contributed by atoms with E-state index in [0.717, 1.165) is 18.8 Å². The Balaban J connectivity index is 0.757. The van der Waals surface area contributed by atoms with Gasteiger partial charge in [-0.1, -0.05) is 53.2 Å². The van der Waals surface area contributed by atoms with Gasteiger partial charge >= 0.3 is 17.9 Å². The molecular formula is C82H128O45. The van der Waals surface area contributed by atoms with Crippen LogP contribution < -0.4 is 0 Å². The first-order chi connectivity index (χ1) is 59.6. The fourth-order valence-corrected chi connectivity index (χ4v) is 23.0. The second-order valence-corrected chi connectivity index (χ2v) is 38.9. The van der Waals surface area contributed by atoms with Gasteiger partial charge in [0.2, 0.25) is 6.29 Å². The molecule has 5 aliphatic carbocycles. The minimum Gasteiger partial charge on any atom is -0.479 e. The molecule has 14 rings (SSSR count). The van der Waals surface area contributed by atoms with Crippen molar-refractivity contribution in [2.24, 2.45) is 50.2 Å². The molecule has 0 spiro atoms. The number of fused-ring (bicyclic) bond motifs is 7. The molecule has 127 heavy (non-hydrogen) atoms. The molecule has 22 N–H and O–H groups in total. The summed E-state index contributed by atoms with van der Waals surface area (Å²) in [5.41, 5.74) is -5.57.